The van der Waals surface area contributed by atoms with E-state index in [1.54, 1.807) is 7.11 Å². The summed E-state index contributed by atoms with van der Waals surface area (Å²) in [5, 5.41) is 15.3. The van der Waals surface area contributed by atoms with Gasteiger partial charge in [0, 0.05) is 25.1 Å². The highest BCUT2D eigenvalue weighted by atomic mass is 16.5. The minimum Gasteiger partial charge on any atom is -0.493 e. The predicted octanol–water partition coefficient (Wildman–Crippen LogP) is 2.81. The molecule has 2 N–H and O–H groups in total. The van der Waals surface area contributed by atoms with Crippen LogP contribution < -0.4 is 20.1 Å². The topological polar surface area (TPSA) is 85.6 Å². The van der Waals surface area contributed by atoms with Crippen LogP contribution in [0.1, 0.15) is 56.2 Å². The highest BCUT2D eigenvalue weighted by Gasteiger charge is 2.21. The second-order valence-electron chi connectivity index (χ2n) is 7.81. The van der Waals surface area contributed by atoms with E-state index in [9.17, 15) is 0 Å². The Morgan fingerprint density at radius 3 is 2.87 bits per heavy atom. The molecule has 8 nitrogen and oxygen atoms in total. The van der Waals surface area contributed by atoms with Gasteiger partial charge in [-0.3, -0.25) is 0 Å². The molecule has 0 spiro atoms. The van der Waals surface area contributed by atoms with Gasteiger partial charge in [-0.25, -0.2) is 4.99 Å². The number of methoxy groups -OCH3 is 1. The van der Waals surface area contributed by atoms with Gasteiger partial charge in [0.2, 0.25) is 0 Å². The van der Waals surface area contributed by atoms with Crippen molar-refractivity contribution in [1.29, 1.82) is 0 Å². The summed E-state index contributed by atoms with van der Waals surface area (Å²) in [7, 11) is 1.69. The van der Waals surface area contributed by atoms with Crippen molar-refractivity contribution in [2.45, 2.75) is 71.2 Å². The van der Waals surface area contributed by atoms with E-state index < -0.39 is 0 Å². The van der Waals surface area contributed by atoms with Gasteiger partial charge < -0.3 is 24.7 Å². The number of fused-ring (bicyclic) bond motifs is 1. The van der Waals surface area contributed by atoms with Gasteiger partial charge in [-0.2, -0.15) is 0 Å². The normalized spacial score (nSPS) is 16.5. The summed E-state index contributed by atoms with van der Waals surface area (Å²) in [4.78, 5) is 4.79. The third-order valence-electron chi connectivity index (χ3n) is 5.72. The van der Waals surface area contributed by atoms with Crippen LogP contribution >= 0.6 is 0 Å². The van der Waals surface area contributed by atoms with Crippen molar-refractivity contribution in [2.24, 2.45) is 4.99 Å². The van der Waals surface area contributed by atoms with Crippen molar-refractivity contribution < 1.29 is 9.47 Å². The largest absolute Gasteiger partial charge is 0.493 e. The minimum absolute atomic E-state index is 0.269. The molecule has 1 aromatic heterocycles. The Morgan fingerprint density at radius 1 is 1.20 bits per heavy atom. The molecule has 4 rings (SSSR count). The van der Waals surface area contributed by atoms with Crippen LogP contribution in [0.5, 0.6) is 11.5 Å². The molecule has 0 radical (unpaired) electrons. The van der Waals surface area contributed by atoms with Crippen LogP contribution in [0, 0.1) is 0 Å². The minimum atomic E-state index is 0.269. The first-order valence-electron chi connectivity index (χ1n) is 11.0. The van der Waals surface area contributed by atoms with E-state index in [-0.39, 0.29) is 6.10 Å². The molecule has 2 aromatic rings. The number of aryl methyl sites for hydroxylation is 1. The molecule has 8 heteroatoms. The zero-order chi connectivity index (χ0) is 20.8. The lowest BCUT2D eigenvalue weighted by atomic mass is 10.1. The maximum Gasteiger partial charge on any atom is 0.191 e. The van der Waals surface area contributed by atoms with E-state index in [1.807, 2.05) is 12.1 Å². The number of aromatic nitrogens is 3. The molecule has 1 fully saturated rings. The summed E-state index contributed by atoms with van der Waals surface area (Å²) < 4.78 is 14.1. The number of ether oxygens (including phenoxy) is 2. The van der Waals surface area contributed by atoms with Crippen molar-refractivity contribution in [1.82, 2.24) is 25.4 Å². The fraction of sp³-hybridized carbons (Fsp3) is 0.591. The molecular weight excluding hydrogens is 380 g/mol. The maximum absolute atomic E-state index is 6.33. The number of nitrogens with one attached hydrogen (secondary N) is 2. The van der Waals surface area contributed by atoms with Crippen molar-refractivity contribution in [3.05, 3.63) is 35.4 Å². The average Bonchev–Trinajstić information content (AvgIpc) is 3.50. The SMILES string of the molecule is CCNC(=NCc1cccc(OC)c1OC1CCCC1)NCc1nnc2n1CCC2. The first kappa shape index (κ1) is 20.5. The fourth-order valence-electron chi connectivity index (χ4n) is 4.16. The number of aliphatic imine (C=N–C) groups is 1. The zero-order valence-corrected chi connectivity index (χ0v) is 18.0. The van der Waals surface area contributed by atoms with E-state index in [2.05, 4.69) is 38.4 Å². The summed E-state index contributed by atoms with van der Waals surface area (Å²) in [6.45, 7) is 4.95. The molecule has 1 saturated carbocycles. The van der Waals surface area contributed by atoms with Gasteiger partial charge in [0.05, 0.1) is 26.3 Å². The Morgan fingerprint density at radius 2 is 2.07 bits per heavy atom. The molecule has 1 aliphatic carbocycles. The van der Waals surface area contributed by atoms with Crippen LogP contribution in [-0.4, -0.2) is 40.5 Å². The van der Waals surface area contributed by atoms with Crippen LogP contribution in [0.3, 0.4) is 0 Å². The molecule has 1 aliphatic heterocycles. The van der Waals surface area contributed by atoms with Crippen LogP contribution in [0.2, 0.25) is 0 Å². The Labute approximate surface area is 178 Å². The lowest BCUT2D eigenvalue weighted by Gasteiger charge is -2.19. The summed E-state index contributed by atoms with van der Waals surface area (Å²) in [6.07, 6.45) is 7.10. The fourth-order valence-corrected chi connectivity index (χ4v) is 4.16. The molecule has 2 heterocycles. The van der Waals surface area contributed by atoms with Crippen LogP contribution in [-0.2, 0) is 26.1 Å². The van der Waals surface area contributed by atoms with Gasteiger partial charge in [0.25, 0.3) is 0 Å². The number of benzene rings is 1. The van der Waals surface area contributed by atoms with Gasteiger partial charge in [0.1, 0.15) is 5.82 Å². The first-order chi connectivity index (χ1) is 14.8. The maximum atomic E-state index is 6.33. The third-order valence-corrected chi connectivity index (χ3v) is 5.72. The third kappa shape index (κ3) is 4.68. The van der Waals surface area contributed by atoms with E-state index >= 15 is 0 Å². The van der Waals surface area contributed by atoms with Crippen LogP contribution in [0.4, 0.5) is 0 Å². The first-order valence-corrected chi connectivity index (χ1v) is 11.0. The average molecular weight is 413 g/mol. The number of hydrogen-bond donors (Lipinski definition) is 2. The second-order valence-corrected chi connectivity index (χ2v) is 7.81. The zero-order valence-electron chi connectivity index (χ0n) is 18.0. The van der Waals surface area contributed by atoms with Gasteiger partial charge in [-0.05, 0) is 45.1 Å². The van der Waals surface area contributed by atoms with E-state index in [0.717, 1.165) is 73.4 Å². The molecule has 0 saturated heterocycles. The number of nitrogens with zero attached hydrogens (tertiary/aromatic N) is 4. The Balaban J connectivity index is 1.46. The Bertz CT molecular complexity index is 873. The number of guanidine groups is 1. The lowest BCUT2D eigenvalue weighted by molar-refractivity contribution is 0.198. The number of rotatable bonds is 8. The van der Waals surface area contributed by atoms with Gasteiger partial charge >= 0.3 is 0 Å². The van der Waals surface area contributed by atoms with Crippen molar-refractivity contribution in [3.63, 3.8) is 0 Å². The Kier molecular flexibility index (Phi) is 6.71. The quantitative estimate of drug-likeness (QED) is 0.512. The molecule has 30 heavy (non-hydrogen) atoms. The number of hydrogen-bond acceptors (Lipinski definition) is 5. The molecular formula is C22H32N6O2. The summed E-state index contributed by atoms with van der Waals surface area (Å²) in [6, 6.07) is 6.00. The van der Waals surface area contributed by atoms with Crippen molar-refractivity contribution >= 4 is 5.96 Å². The molecule has 1 aromatic carbocycles. The Hall–Kier alpha value is -2.77. The monoisotopic (exact) mass is 412 g/mol. The predicted molar refractivity (Wildman–Crippen MR) is 116 cm³/mol. The van der Waals surface area contributed by atoms with Gasteiger partial charge in [-0.15, -0.1) is 10.2 Å². The standard InChI is InChI=1S/C22H32N6O2/c1-3-23-22(25-15-20-27-26-19-12-7-13-28(19)20)24-14-16-8-6-11-18(29-2)21(16)30-17-9-4-5-10-17/h6,8,11,17H,3-5,7,9-10,12-15H2,1-2H3,(H2,23,24,25). The second kappa shape index (κ2) is 9.82. The van der Waals surface area contributed by atoms with Crippen molar-refractivity contribution in [2.75, 3.05) is 13.7 Å². The highest BCUT2D eigenvalue weighted by Crippen LogP contribution is 2.35. The van der Waals surface area contributed by atoms with Crippen LogP contribution in [0.25, 0.3) is 0 Å². The molecule has 0 atom stereocenters. The van der Waals surface area contributed by atoms with Gasteiger partial charge in [-0.1, -0.05) is 12.1 Å². The summed E-state index contributed by atoms with van der Waals surface area (Å²) >= 11 is 0. The molecule has 0 bridgehead atoms. The molecule has 162 valence electrons. The molecule has 2 aliphatic rings. The summed E-state index contributed by atoms with van der Waals surface area (Å²) in [5.41, 5.74) is 1.03. The highest BCUT2D eigenvalue weighted by molar-refractivity contribution is 5.79. The van der Waals surface area contributed by atoms with E-state index in [1.165, 1.54) is 12.8 Å². The van der Waals surface area contributed by atoms with Crippen molar-refractivity contribution in [3.8, 4) is 11.5 Å². The summed E-state index contributed by atoms with van der Waals surface area (Å²) in [5.74, 6) is 4.38. The van der Waals surface area contributed by atoms with E-state index in [0.29, 0.717) is 13.1 Å². The molecule has 0 amide bonds. The van der Waals surface area contributed by atoms with E-state index in [4.69, 9.17) is 14.5 Å². The smallest absolute Gasteiger partial charge is 0.191 e. The lowest BCUT2D eigenvalue weighted by Crippen LogP contribution is -2.37. The molecule has 0 unspecified atom stereocenters. The van der Waals surface area contributed by atoms with Crippen LogP contribution in [0.15, 0.2) is 23.2 Å². The van der Waals surface area contributed by atoms with Gasteiger partial charge in [0.15, 0.2) is 23.3 Å². The number of para-hydroxylation sites is 1.